The van der Waals surface area contributed by atoms with E-state index in [0.717, 1.165) is 54.3 Å². The summed E-state index contributed by atoms with van der Waals surface area (Å²) in [5.74, 6) is 1.52. The second-order valence-electron chi connectivity index (χ2n) is 9.20. The lowest BCUT2D eigenvalue weighted by atomic mass is 9.96. The van der Waals surface area contributed by atoms with E-state index in [0.29, 0.717) is 18.8 Å². The number of hydrogen-bond donors (Lipinski definition) is 1. The number of methoxy groups -OCH3 is 1. The zero-order valence-corrected chi connectivity index (χ0v) is 21.3. The molecule has 1 saturated heterocycles. The maximum atomic E-state index is 12.8. The van der Waals surface area contributed by atoms with Gasteiger partial charge in [0, 0.05) is 42.7 Å². The zero-order valence-electron chi connectivity index (χ0n) is 21.3. The fourth-order valence-electron chi connectivity index (χ4n) is 4.58. The van der Waals surface area contributed by atoms with Crippen molar-refractivity contribution < 1.29 is 9.53 Å². The smallest absolute Gasteiger partial charge is 0.266 e. The van der Waals surface area contributed by atoms with Crippen LogP contribution in [0.2, 0.25) is 0 Å². The number of nitrogens with zero attached hydrogens (tertiary/aromatic N) is 5. The first-order chi connectivity index (χ1) is 18.6. The molecule has 0 spiro atoms. The number of carbonyl (C=O) groups excluding carboxylic acids is 1. The lowest BCUT2D eigenvalue weighted by Gasteiger charge is -2.31. The van der Waals surface area contributed by atoms with Gasteiger partial charge in [-0.3, -0.25) is 9.59 Å². The van der Waals surface area contributed by atoms with Crippen LogP contribution in [0.15, 0.2) is 83.7 Å². The Morgan fingerprint density at radius 2 is 1.61 bits per heavy atom. The number of amides is 1. The normalized spacial score (nSPS) is 13.8. The van der Waals surface area contributed by atoms with Gasteiger partial charge in [0.1, 0.15) is 5.75 Å². The minimum Gasteiger partial charge on any atom is -0.497 e. The van der Waals surface area contributed by atoms with E-state index in [1.54, 1.807) is 13.2 Å². The molecular formula is C29H30N6O3. The van der Waals surface area contributed by atoms with Crippen LogP contribution in [0, 0.1) is 5.92 Å². The van der Waals surface area contributed by atoms with Gasteiger partial charge < -0.3 is 15.0 Å². The molecule has 0 bridgehead atoms. The highest BCUT2D eigenvalue weighted by molar-refractivity contribution is 5.79. The molecule has 9 nitrogen and oxygen atoms in total. The summed E-state index contributed by atoms with van der Waals surface area (Å²) in [5, 5.41) is 16.2. The molecule has 38 heavy (non-hydrogen) atoms. The second-order valence-corrected chi connectivity index (χ2v) is 9.20. The lowest BCUT2D eigenvalue weighted by molar-refractivity contribution is -0.125. The van der Waals surface area contributed by atoms with E-state index in [2.05, 4.69) is 25.5 Å². The van der Waals surface area contributed by atoms with Crippen molar-refractivity contribution in [3.8, 4) is 28.3 Å². The van der Waals surface area contributed by atoms with Crippen LogP contribution >= 0.6 is 0 Å². The van der Waals surface area contributed by atoms with Crippen molar-refractivity contribution in [2.75, 3.05) is 31.6 Å². The Hall–Kier alpha value is -4.53. The van der Waals surface area contributed by atoms with Gasteiger partial charge in [-0.15, -0.1) is 10.2 Å². The van der Waals surface area contributed by atoms with Crippen molar-refractivity contribution >= 4 is 11.7 Å². The Labute approximate surface area is 221 Å². The molecule has 4 aromatic rings. The van der Waals surface area contributed by atoms with Crippen molar-refractivity contribution in [1.29, 1.82) is 0 Å². The summed E-state index contributed by atoms with van der Waals surface area (Å²) in [6, 6.07) is 24.6. The van der Waals surface area contributed by atoms with Crippen LogP contribution in [-0.4, -0.2) is 52.6 Å². The third kappa shape index (κ3) is 5.88. The number of rotatable bonds is 8. The summed E-state index contributed by atoms with van der Waals surface area (Å²) in [5.41, 5.74) is 3.24. The first-order valence-electron chi connectivity index (χ1n) is 12.7. The molecule has 0 unspecified atom stereocenters. The van der Waals surface area contributed by atoms with Gasteiger partial charge in [0.15, 0.2) is 5.82 Å². The molecule has 0 atom stereocenters. The number of hydrogen-bond acceptors (Lipinski definition) is 7. The Morgan fingerprint density at radius 3 is 2.29 bits per heavy atom. The predicted octanol–water partition coefficient (Wildman–Crippen LogP) is 3.41. The van der Waals surface area contributed by atoms with Gasteiger partial charge in [-0.2, -0.15) is 5.10 Å². The van der Waals surface area contributed by atoms with Crippen LogP contribution < -0.4 is 20.5 Å². The SMILES string of the molecule is COc1ccc(-c2ccc(=O)n(CCNC(=O)C3CCN(c4ccc(-c5ccccc5)nn4)CC3)n2)cc1. The van der Waals surface area contributed by atoms with Gasteiger partial charge in [0.2, 0.25) is 5.91 Å². The Balaban J connectivity index is 1.11. The Bertz CT molecular complexity index is 1410. The van der Waals surface area contributed by atoms with E-state index in [1.807, 2.05) is 66.7 Å². The quantitative estimate of drug-likeness (QED) is 0.388. The molecule has 1 N–H and O–H groups in total. The van der Waals surface area contributed by atoms with Crippen molar-refractivity contribution in [1.82, 2.24) is 25.3 Å². The molecule has 3 heterocycles. The van der Waals surface area contributed by atoms with Gasteiger partial charge in [-0.25, -0.2) is 4.68 Å². The summed E-state index contributed by atoms with van der Waals surface area (Å²) in [7, 11) is 1.62. The molecule has 9 heteroatoms. The molecule has 2 aromatic carbocycles. The summed E-state index contributed by atoms with van der Waals surface area (Å²) >= 11 is 0. The largest absolute Gasteiger partial charge is 0.497 e. The summed E-state index contributed by atoms with van der Waals surface area (Å²) in [6.45, 7) is 2.12. The molecule has 5 rings (SSSR count). The van der Waals surface area contributed by atoms with Crippen molar-refractivity contribution in [2.45, 2.75) is 19.4 Å². The summed E-state index contributed by atoms with van der Waals surface area (Å²) in [4.78, 5) is 27.3. The van der Waals surface area contributed by atoms with E-state index >= 15 is 0 Å². The third-order valence-electron chi connectivity index (χ3n) is 6.79. The molecule has 0 radical (unpaired) electrons. The minimum absolute atomic E-state index is 0.00881. The van der Waals surface area contributed by atoms with Crippen LogP contribution in [0.3, 0.4) is 0 Å². The monoisotopic (exact) mass is 510 g/mol. The fraction of sp³-hybridized carbons (Fsp3) is 0.276. The number of benzene rings is 2. The minimum atomic E-state index is -0.204. The van der Waals surface area contributed by atoms with Crippen molar-refractivity contribution in [2.24, 2.45) is 5.92 Å². The maximum absolute atomic E-state index is 12.8. The van der Waals surface area contributed by atoms with Gasteiger partial charge in [0.05, 0.1) is 25.0 Å². The van der Waals surface area contributed by atoms with E-state index in [9.17, 15) is 9.59 Å². The van der Waals surface area contributed by atoms with E-state index in [4.69, 9.17) is 4.74 Å². The number of nitrogens with one attached hydrogen (secondary N) is 1. The third-order valence-corrected chi connectivity index (χ3v) is 6.79. The van der Waals surface area contributed by atoms with E-state index in [-0.39, 0.29) is 17.4 Å². The van der Waals surface area contributed by atoms with Crippen LogP contribution in [0.25, 0.3) is 22.5 Å². The number of ether oxygens (including phenoxy) is 1. The van der Waals surface area contributed by atoms with Gasteiger partial charge >= 0.3 is 0 Å². The molecule has 1 aliphatic rings. The molecule has 1 aliphatic heterocycles. The molecule has 0 saturated carbocycles. The standard InChI is InChI=1S/C29H30N6O3/c1-38-24-9-7-22(8-10-24)26-12-14-28(36)35(33-26)20-17-30-29(37)23-15-18-34(19-16-23)27-13-11-25(31-32-27)21-5-3-2-4-6-21/h2-14,23H,15-20H2,1H3,(H,30,37). The average molecular weight is 511 g/mol. The second kappa shape index (κ2) is 11.7. The first-order valence-corrected chi connectivity index (χ1v) is 12.7. The molecular weight excluding hydrogens is 480 g/mol. The summed E-state index contributed by atoms with van der Waals surface area (Å²) < 4.78 is 6.59. The van der Waals surface area contributed by atoms with Crippen molar-refractivity contribution in [3.63, 3.8) is 0 Å². The molecule has 0 aliphatic carbocycles. The number of aromatic nitrogens is 4. The number of piperidine rings is 1. The van der Waals surface area contributed by atoms with E-state index in [1.165, 1.54) is 10.7 Å². The first kappa shape index (κ1) is 25.1. The molecule has 1 amide bonds. The lowest BCUT2D eigenvalue weighted by Crippen LogP contribution is -2.42. The van der Waals surface area contributed by atoms with Gasteiger partial charge in [-0.1, -0.05) is 30.3 Å². The maximum Gasteiger partial charge on any atom is 0.266 e. The summed E-state index contributed by atoms with van der Waals surface area (Å²) in [6.07, 6.45) is 1.47. The highest BCUT2D eigenvalue weighted by atomic mass is 16.5. The van der Waals surface area contributed by atoms with Gasteiger partial charge in [-0.05, 0) is 55.3 Å². The molecule has 2 aromatic heterocycles. The predicted molar refractivity (Wildman–Crippen MR) is 146 cm³/mol. The highest BCUT2D eigenvalue weighted by Crippen LogP contribution is 2.24. The number of anilines is 1. The van der Waals surface area contributed by atoms with Crippen LogP contribution in [-0.2, 0) is 11.3 Å². The van der Waals surface area contributed by atoms with Crippen molar-refractivity contribution in [3.05, 3.63) is 89.2 Å². The number of carbonyl (C=O) groups is 1. The average Bonchev–Trinajstić information content (AvgIpc) is 2.99. The fourth-order valence-corrected chi connectivity index (χ4v) is 4.58. The topological polar surface area (TPSA) is 102 Å². The van der Waals surface area contributed by atoms with E-state index < -0.39 is 0 Å². The van der Waals surface area contributed by atoms with Gasteiger partial charge in [0.25, 0.3) is 5.56 Å². The Kier molecular flexibility index (Phi) is 7.73. The zero-order chi connectivity index (χ0) is 26.3. The molecule has 1 fully saturated rings. The van der Waals surface area contributed by atoms with Crippen LogP contribution in [0.4, 0.5) is 5.82 Å². The van der Waals surface area contributed by atoms with Crippen LogP contribution in [0.1, 0.15) is 12.8 Å². The van der Waals surface area contributed by atoms with Crippen LogP contribution in [0.5, 0.6) is 5.75 Å². The highest BCUT2D eigenvalue weighted by Gasteiger charge is 2.25. The molecule has 194 valence electrons. The Morgan fingerprint density at radius 1 is 0.895 bits per heavy atom.